The van der Waals surface area contributed by atoms with E-state index < -0.39 is 42.0 Å². The average molecular weight is 477 g/mol. The molecule has 1 aromatic carbocycles. The van der Waals surface area contributed by atoms with Gasteiger partial charge in [-0.3, -0.25) is 14.4 Å². The number of nitrogens with one attached hydrogen (secondary N) is 2. The Kier molecular flexibility index (Phi) is 11.0. The van der Waals surface area contributed by atoms with Gasteiger partial charge in [0.15, 0.2) is 0 Å². The molecule has 0 bridgehead atoms. The van der Waals surface area contributed by atoms with Crippen LogP contribution in [0.15, 0.2) is 18.2 Å². The molecule has 1 rings (SSSR count). The maximum Gasteiger partial charge on any atom is 0.408 e. The number of hydrogen-bond acceptors (Lipinski definition) is 5. The number of amides is 4. The van der Waals surface area contributed by atoms with Gasteiger partial charge >= 0.3 is 6.09 Å². The van der Waals surface area contributed by atoms with Gasteiger partial charge in [0, 0.05) is 13.6 Å². The van der Waals surface area contributed by atoms with Gasteiger partial charge in [-0.15, -0.1) is 0 Å². The van der Waals surface area contributed by atoms with Crippen molar-refractivity contribution in [1.82, 2.24) is 15.5 Å². The van der Waals surface area contributed by atoms with E-state index in [-0.39, 0.29) is 5.91 Å². The van der Waals surface area contributed by atoms with E-state index >= 15 is 0 Å². The van der Waals surface area contributed by atoms with Gasteiger partial charge in [0.05, 0.1) is 6.42 Å². The normalized spacial score (nSPS) is 12.9. The van der Waals surface area contributed by atoms with Gasteiger partial charge in [-0.2, -0.15) is 0 Å². The number of carbonyl (C=O) groups is 4. The number of carbonyl (C=O) groups excluding carboxylic acids is 4. The van der Waals surface area contributed by atoms with Crippen molar-refractivity contribution in [3.8, 4) is 0 Å². The monoisotopic (exact) mass is 476 g/mol. The summed E-state index contributed by atoms with van der Waals surface area (Å²) in [6.07, 6.45) is 1.53. The summed E-state index contributed by atoms with van der Waals surface area (Å²) in [7, 11) is 1.47. The number of rotatable bonds is 11. The van der Waals surface area contributed by atoms with Crippen molar-refractivity contribution in [2.24, 2.45) is 5.73 Å². The van der Waals surface area contributed by atoms with E-state index in [2.05, 4.69) is 17.6 Å². The molecule has 9 heteroatoms. The Labute approximate surface area is 202 Å². The smallest absolute Gasteiger partial charge is 0.408 e. The lowest BCUT2D eigenvalue weighted by Gasteiger charge is -2.31. The minimum Gasteiger partial charge on any atom is -0.444 e. The molecule has 190 valence electrons. The van der Waals surface area contributed by atoms with Gasteiger partial charge < -0.3 is 26.0 Å². The van der Waals surface area contributed by atoms with Crippen LogP contribution in [0.25, 0.3) is 0 Å². The summed E-state index contributed by atoms with van der Waals surface area (Å²) in [4.78, 5) is 51.8. The van der Waals surface area contributed by atoms with Gasteiger partial charge in [0.1, 0.15) is 17.7 Å². The number of benzene rings is 1. The van der Waals surface area contributed by atoms with E-state index in [1.165, 1.54) is 11.9 Å². The van der Waals surface area contributed by atoms with Gasteiger partial charge in [0.2, 0.25) is 17.7 Å². The standard InChI is InChI=1S/C25H40N4O5/c1-8-9-10-13-27-22(31)21(18-12-11-16(2)17(3)14-18)29(7)23(32)19(15-20(26)30)28-24(33)34-25(4,5)6/h11-12,14,19,21H,8-10,13,15H2,1-7H3,(H2,26,30)(H,27,31)(H,28,33). The zero-order valence-electron chi connectivity index (χ0n) is 21.5. The van der Waals surface area contributed by atoms with Crippen LogP contribution in [0.1, 0.15) is 76.1 Å². The van der Waals surface area contributed by atoms with Gasteiger partial charge in [-0.1, -0.05) is 38.0 Å². The highest BCUT2D eigenvalue weighted by molar-refractivity contribution is 5.94. The van der Waals surface area contributed by atoms with E-state index in [0.717, 1.165) is 30.4 Å². The fourth-order valence-corrected chi connectivity index (χ4v) is 3.39. The van der Waals surface area contributed by atoms with Crippen molar-refractivity contribution in [2.45, 2.75) is 84.9 Å². The SMILES string of the molecule is CCCCCNC(=O)C(c1ccc(C)c(C)c1)N(C)C(=O)C(CC(N)=O)NC(=O)OC(C)(C)C. The Morgan fingerprint density at radius 1 is 1.09 bits per heavy atom. The zero-order chi connectivity index (χ0) is 26.1. The van der Waals surface area contributed by atoms with Crippen LogP contribution in [-0.4, -0.2) is 54.0 Å². The minimum atomic E-state index is -1.28. The lowest BCUT2D eigenvalue weighted by Crippen LogP contribution is -2.52. The van der Waals surface area contributed by atoms with Crippen molar-refractivity contribution in [3.05, 3.63) is 34.9 Å². The predicted octanol–water partition coefficient (Wildman–Crippen LogP) is 2.88. The molecule has 0 spiro atoms. The fraction of sp³-hybridized carbons (Fsp3) is 0.600. The Bertz CT molecular complexity index is 879. The number of nitrogens with two attached hydrogens (primary N) is 1. The first-order valence-corrected chi connectivity index (χ1v) is 11.7. The highest BCUT2D eigenvalue weighted by atomic mass is 16.6. The van der Waals surface area contributed by atoms with E-state index in [9.17, 15) is 19.2 Å². The van der Waals surface area contributed by atoms with Crippen LogP contribution < -0.4 is 16.4 Å². The highest BCUT2D eigenvalue weighted by Gasteiger charge is 2.34. The number of nitrogens with zero attached hydrogens (tertiary/aromatic N) is 1. The average Bonchev–Trinajstić information content (AvgIpc) is 2.71. The quantitative estimate of drug-likeness (QED) is 0.423. The maximum atomic E-state index is 13.4. The molecule has 0 saturated carbocycles. The molecule has 1 aromatic rings. The van der Waals surface area contributed by atoms with Crippen LogP contribution in [0.4, 0.5) is 4.79 Å². The topological polar surface area (TPSA) is 131 Å². The second-order valence-electron chi connectivity index (χ2n) is 9.56. The largest absolute Gasteiger partial charge is 0.444 e. The highest BCUT2D eigenvalue weighted by Crippen LogP contribution is 2.24. The molecule has 2 unspecified atom stereocenters. The molecular weight excluding hydrogens is 436 g/mol. The molecule has 0 radical (unpaired) electrons. The molecule has 4 amide bonds. The molecule has 9 nitrogen and oxygen atoms in total. The number of aryl methyl sites for hydroxylation is 2. The molecule has 0 aliphatic rings. The summed E-state index contributed by atoms with van der Waals surface area (Å²) in [5, 5.41) is 5.33. The number of ether oxygens (including phenoxy) is 1. The number of unbranched alkanes of at least 4 members (excludes halogenated alkanes) is 2. The zero-order valence-corrected chi connectivity index (χ0v) is 21.5. The van der Waals surface area contributed by atoms with Crippen LogP contribution >= 0.6 is 0 Å². The second kappa shape index (κ2) is 13.0. The van der Waals surface area contributed by atoms with E-state index in [1.807, 2.05) is 26.0 Å². The molecule has 0 aromatic heterocycles. The number of likely N-dealkylation sites (N-methyl/N-ethyl adjacent to an activating group) is 1. The van der Waals surface area contributed by atoms with E-state index in [1.54, 1.807) is 26.8 Å². The molecule has 34 heavy (non-hydrogen) atoms. The van der Waals surface area contributed by atoms with E-state index in [4.69, 9.17) is 10.5 Å². The third kappa shape index (κ3) is 9.41. The van der Waals surface area contributed by atoms with Crippen molar-refractivity contribution < 1.29 is 23.9 Å². The first kappa shape index (κ1) is 28.9. The molecule has 0 fully saturated rings. The summed E-state index contributed by atoms with van der Waals surface area (Å²) in [6, 6.07) is 3.32. The molecule has 4 N–H and O–H groups in total. The lowest BCUT2D eigenvalue weighted by atomic mass is 9.98. The summed E-state index contributed by atoms with van der Waals surface area (Å²) < 4.78 is 5.23. The van der Waals surface area contributed by atoms with Crippen molar-refractivity contribution in [2.75, 3.05) is 13.6 Å². The summed E-state index contributed by atoms with van der Waals surface area (Å²) in [6.45, 7) is 11.5. The fourth-order valence-electron chi connectivity index (χ4n) is 3.39. The van der Waals surface area contributed by atoms with Gasteiger partial charge in [0.25, 0.3) is 0 Å². The number of hydrogen-bond donors (Lipinski definition) is 3. The Morgan fingerprint density at radius 2 is 1.74 bits per heavy atom. The first-order chi connectivity index (χ1) is 15.8. The summed E-state index contributed by atoms with van der Waals surface area (Å²) >= 11 is 0. The second-order valence-corrected chi connectivity index (χ2v) is 9.56. The van der Waals surface area contributed by atoms with Crippen LogP contribution in [0.3, 0.4) is 0 Å². The van der Waals surface area contributed by atoms with Crippen molar-refractivity contribution >= 4 is 23.8 Å². The molecule has 0 saturated heterocycles. The molecule has 0 aliphatic heterocycles. The van der Waals surface area contributed by atoms with Crippen molar-refractivity contribution in [3.63, 3.8) is 0 Å². The molecule has 0 heterocycles. The minimum absolute atomic E-state index is 0.342. The summed E-state index contributed by atoms with van der Waals surface area (Å²) in [5.74, 6) is -1.74. The Balaban J connectivity index is 3.24. The van der Waals surface area contributed by atoms with E-state index in [0.29, 0.717) is 12.1 Å². The summed E-state index contributed by atoms with van der Waals surface area (Å²) in [5.41, 5.74) is 7.19. The molecule has 0 aliphatic carbocycles. The van der Waals surface area contributed by atoms with Gasteiger partial charge in [-0.25, -0.2) is 4.79 Å². The van der Waals surface area contributed by atoms with Crippen LogP contribution in [-0.2, 0) is 19.1 Å². The van der Waals surface area contributed by atoms with Gasteiger partial charge in [-0.05, 0) is 57.7 Å². The molecule has 2 atom stereocenters. The van der Waals surface area contributed by atoms with Crippen molar-refractivity contribution in [1.29, 1.82) is 0 Å². The third-order valence-electron chi connectivity index (χ3n) is 5.30. The lowest BCUT2D eigenvalue weighted by molar-refractivity contribution is -0.141. The Morgan fingerprint density at radius 3 is 2.26 bits per heavy atom. The Hall–Kier alpha value is -3.10. The van der Waals surface area contributed by atoms with Crippen LogP contribution in [0.2, 0.25) is 0 Å². The van der Waals surface area contributed by atoms with Crippen LogP contribution in [0, 0.1) is 13.8 Å². The van der Waals surface area contributed by atoms with Crippen LogP contribution in [0.5, 0.6) is 0 Å². The predicted molar refractivity (Wildman–Crippen MR) is 131 cm³/mol. The number of primary amides is 1. The maximum absolute atomic E-state index is 13.4. The first-order valence-electron chi connectivity index (χ1n) is 11.7. The molecular formula is C25H40N4O5. The number of alkyl carbamates (subject to hydrolysis) is 1. The third-order valence-corrected chi connectivity index (χ3v) is 5.30.